The summed E-state index contributed by atoms with van der Waals surface area (Å²) in [6.07, 6.45) is 13.2. The molecule has 3 heteroatoms. The van der Waals surface area contributed by atoms with Gasteiger partial charge in [-0.05, 0) is 12.8 Å². The zero-order valence-electron chi connectivity index (χ0n) is 10.2. The quantitative estimate of drug-likeness (QED) is 0.532. The average Bonchev–Trinajstić information content (AvgIpc) is 2.29. The molecule has 0 aromatic carbocycles. The molecule has 1 fully saturated rings. The van der Waals surface area contributed by atoms with Crippen molar-refractivity contribution in [3.8, 4) is 0 Å². The molecule has 94 valence electrons. The number of carbonyl (C=O) groups excluding carboxylic acids is 1. The van der Waals surface area contributed by atoms with Gasteiger partial charge in [0.05, 0.1) is 0 Å². The monoisotopic (exact) mass is 227 g/mol. The van der Waals surface area contributed by atoms with Crippen LogP contribution in [0.5, 0.6) is 0 Å². The fourth-order valence-electron chi connectivity index (χ4n) is 2.52. The highest BCUT2D eigenvalue weighted by Crippen LogP contribution is 2.20. The van der Waals surface area contributed by atoms with E-state index >= 15 is 0 Å². The molecule has 0 radical (unpaired) electrons. The Morgan fingerprint density at radius 1 is 0.812 bits per heavy atom. The molecule has 0 aliphatic heterocycles. The topological polar surface area (TPSA) is 49.3 Å². The normalized spacial score (nSPS) is 21.8. The predicted octanol–water partition coefficient (Wildman–Crippen LogP) is 3.41. The first-order chi connectivity index (χ1) is 7.84. The summed E-state index contributed by atoms with van der Waals surface area (Å²) in [5, 5.41) is 8.68. The van der Waals surface area contributed by atoms with Crippen LogP contribution in [-0.2, 0) is 4.79 Å². The number of hydrogen-bond donors (Lipinski definition) is 2. The fourth-order valence-corrected chi connectivity index (χ4v) is 2.52. The third-order valence-corrected chi connectivity index (χ3v) is 3.59. The van der Waals surface area contributed by atoms with E-state index in [0.29, 0.717) is 0 Å². The van der Waals surface area contributed by atoms with E-state index in [2.05, 4.69) is 0 Å². The summed E-state index contributed by atoms with van der Waals surface area (Å²) in [5.41, 5.74) is 1.81. The van der Waals surface area contributed by atoms with Crippen LogP contribution in [0.25, 0.3) is 0 Å². The molecule has 2 N–H and O–H groups in total. The lowest BCUT2D eigenvalue weighted by molar-refractivity contribution is -0.133. The molecule has 0 atom stereocenters. The molecule has 1 aliphatic rings. The summed E-state index contributed by atoms with van der Waals surface area (Å²) in [4.78, 5) is 11.4. The van der Waals surface area contributed by atoms with Gasteiger partial charge < -0.3 is 0 Å². The highest BCUT2D eigenvalue weighted by molar-refractivity contribution is 5.77. The molecule has 1 amide bonds. The van der Waals surface area contributed by atoms with Crippen LogP contribution in [0.3, 0.4) is 0 Å². The van der Waals surface area contributed by atoms with E-state index in [-0.39, 0.29) is 11.8 Å². The Kier molecular flexibility index (Phi) is 7.23. The van der Waals surface area contributed by atoms with Crippen LogP contribution in [0.4, 0.5) is 0 Å². The highest BCUT2D eigenvalue weighted by atomic mass is 16.5. The van der Waals surface area contributed by atoms with Crippen molar-refractivity contribution in [1.82, 2.24) is 5.48 Å². The van der Waals surface area contributed by atoms with Gasteiger partial charge in [-0.1, -0.05) is 57.8 Å². The second-order valence-corrected chi connectivity index (χ2v) is 4.93. The molecule has 0 spiro atoms. The largest absolute Gasteiger partial charge is 0.289 e. The Hall–Kier alpha value is -0.570. The third-order valence-electron chi connectivity index (χ3n) is 3.59. The third kappa shape index (κ3) is 5.50. The van der Waals surface area contributed by atoms with E-state index < -0.39 is 0 Å². The Balaban J connectivity index is 2.33. The Labute approximate surface area is 98.6 Å². The van der Waals surface area contributed by atoms with Crippen molar-refractivity contribution in [2.24, 2.45) is 5.92 Å². The first kappa shape index (κ1) is 13.5. The summed E-state index contributed by atoms with van der Waals surface area (Å²) >= 11 is 0. The molecule has 0 unspecified atom stereocenters. The zero-order chi connectivity index (χ0) is 11.6. The molecule has 0 bridgehead atoms. The SMILES string of the molecule is O=C(NO)C1CCCCCCCCCCC1. The van der Waals surface area contributed by atoms with Gasteiger partial charge in [-0.15, -0.1) is 0 Å². The minimum absolute atomic E-state index is 0.0319. The van der Waals surface area contributed by atoms with Gasteiger partial charge in [0.1, 0.15) is 0 Å². The van der Waals surface area contributed by atoms with Crippen molar-refractivity contribution in [2.75, 3.05) is 0 Å². The van der Waals surface area contributed by atoms with E-state index in [1.165, 1.54) is 44.9 Å². The number of amides is 1. The average molecular weight is 227 g/mol. The Morgan fingerprint density at radius 3 is 1.56 bits per heavy atom. The van der Waals surface area contributed by atoms with Crippen molar-refractivity contribution in [3.05, 3.63) is 0 Å². The van der Waals surface area contributed by atoms with Gasteiger partial charge >= 0.3 is 0 Å². The molecule has 3 nitrogen and oxygen atoms in total. The van der Waals surface area contributed by atoms with Crippen LogP contribution < -0.4 is 5.48 Å². The van der Waals surface area contributed by atoms with Crippen molar-refractivity contribution < 1.29 is 10.0 Å². The molecule has 1 rings (SSSR count). The summed E-state index contributed by atoms with van der Waals surface area (Å²) in [6.45, 7) is 0. The number of carbonyl (C=O) groups is 1. The maximum atomic E-state index is 11.4. The lowest BCUT2D eigenvalue weighted by Crippen LogP contribution is -2.27. The van der Waals surface area contributed by atoms with Gasteiger partial charge in [0.2, 0.25) is 5.91 Å². The van der Waals surface area contributed by atoms with E-state index in [1.807, 2.05) is 5.48 Å². The summed E-state index contributed by atoms with van der Waals surface area (Å²) < 4.78 is 0. The summed E-state index contributed by atoms with van der Waals surface area (Å²) in [6, 6.07) is 0. The van der Waals surface area contributed by atoms with Gasteiger partial charge in [0.25, 0.3) is 0 Å². The van der Waals surface area contributed by atoms with Gasteiger partial charge in [0, 0.05) is 5.92 Å². The molecule has 1 saturated carbocycles. The number of nitrogens with one attached hydrogen (secondary N) is 1. The minimum atomic E-state index is -0.183. The molecule has 1 aliphatic carbocycles. The summed E-state index contributed by atoms with van der Waals surface area (Å²) in [5.74, 6) is -0.151. The lowest BCUT2D eigenvalue weighted by atomic mass is 9.92. The maximum absolute atomic E-state index is 11.4. The fraction of sp³-hybridized carbons (Fsp3) is 0.923. The van der Waals surface area contributed by atoms with Crippen LogP contribution in [0.2, 0.25) is 0 Å². The van der Waals surface area contributed by atoms with Crippen molar-refractivity contribution in [2.45, 2.75) is 70.6 Å². The van der Waals surface area contributed by atoms with E-state index in [0.717, 1.165) is 25.7 Å². The van der Waals surface area contributed by atoms with E-state index in [9.17, 15) is 4.79 Å². The number of hydroxylamine groups is 1. The Bertz CT molecular complexity index is 182. The number of rotatable bonds is 1. The van der Waals surface area contributed by atoms with Gasteiger partial charge in [-0.25, -0.2) is 5.48 Å². The molecule has 0 aromatic rings. The van der Waals surface area contributed by atoms with Crippen LogP contribution in [0.1, 0.15) is 70.6 Å². The molecular weight excluding hydrogens is 202 g/mol. The molecule has 0 heterocycles. The molecule has 0 aromatic heterocycles. The van der Waals surface area contributed by atoms with E-state index in [4.69, 9.17) is 5.21 Å². The molecular formula is C13H25NO2. The van der Waals surface area contributed by atoms with Crippen LogP contribution in [0.15, 0.2) is 0 Å². The van der Waals surface area contributed by atoms with E-state index in [1.54, 1.807) is 0 Å². The van der Waals surface area contributed by atoms with Crippen molar-refractivity contribution in [1.29, 1.82) is 0 Å². The zero-order valence-corrected chi connectivity index (χ0v) is 10.2. The second-order valence-electron chi connectivity index (χ2n) is 4.93. The van der Waals surface area contributed by atoms with Crippen LogP contribution >= 0.6 is 0 Å². The highest BCUT2D eigenvalue weighted by Gasteiger charge is 2.17. The minimum Gasteiger partial charge on any atom is -0.289 e. The number of hydrogen-bond acceptors (Lipinski definition) is 2. The standard InChI is InChI=1S/C13H25NO2/c15-13(14-16)12-10-8-6-4-2-1-3-5-7-9-11-12/h12,16H,1-11H2,(H,14,15). The van der Waals surface area contributed by atoms with Crippen LogP contribution in [0, 0.1) is 5.92 Å². The first-order valence-corrected chi connectivity index (χ1v) is 6.78. The second kappa shape index (κ2) is 8.57. The Morgan fingerprint density at radius 2 is 1.19 bits per heavy atom. The first-order valence-electron chi connectivity index (χ1n) is 6.78. The van der Waals surface area contributed by atoms with Crippen molar-refractivity contribution >= 4 is 5.91 Å². The van der Waals surface area contributed by atoms with Gasteiger partial charge in [-0.3, -0.25) is 10.0 Å². The van der Waals surface area contributed by atoms with Crippen molar-refractivity contribution in [3.63, 3.8) is 0 Å². The molecule has 16 heavy (non-hydrogen) atoms. The van der Waals surface area contributed by atoms with Gasteiger partial charge in [0.15, 0.2) is 0 Å². The molecule has 0 saturated heterocycles. The summed E-state index contributed by atoms with van der Waals surface area (Å²) in [7, 11) is 0. The van der Waals surface area contributed by atoms with Crippen LogP contribution in [-0.4, -0.2) is 11.1 Å². The smallest absolute Gasteiger partial charge is 0.246 e. The van der Waals surface area contributed by atoms with Gasteiger partial charge in [-0.2, -0.15) is 0 Å². The predicted molar refractivity (Wildman–Crippen MR) is 64.2 cm³/mol. The lowest BCUT2D eigenvalue weighted by Gasteiger charge is -2.15. The maximum Gasteiger partial charge on any atom is 0.246 e.